The zero-order valence-corrected chi connectivity index (χ0v) is 15.1. The summed E-state index contributed by atoms with van der Waals surface area (Å²) in [5.41, 5.74) is 10.7. The summed E-state index contributed by atoms with van der Waals surface area (Å²) in [5.74, 6) is 1.41. The van der Waals surface area contributed by atoms with Crippen molar-refractivity contribution in [2.75, 3.05) is 11.1 Å². The van der Waals surface area contributed by atoms with Gasteiger partial charge in [-0.25, -0.2) is 4.98 Å². The molecule has 0 aliphatic rings. The van der Waals surface area contributed by atoms with Crippen LogP contribution in [0.15, 0.2) is 42.7 Å². The molecule has 2 aromatic carbocycles. The van der Waals surface area contributed by atoms with E-state index in [1.54, 1.807) is 12.1 Å². The lowest BCUT2D eigenvalue weighted by atomic mass is 10.1. The number of aryl methyl sites for hydroxylation is 3. The molecule has 3 aromatic rings. The summed E-state index contributed by atoms with van der Waals surface area (Å²) in [6.45, 7) is 6.03. The molecular formula is C19H19ClN4O. The molecule has 0 fully saturated rings. The first-order valence-corrected chi connectivity index (χ1v) is 8.20. The summed E-state index contributed by atoms with van der Waals surface area (Å²) >= 11 is 6.04. The van der Waals surface area contributed by atoms with Gasteiger partial charge < -0.3 is 15.8 Å². The maximum Gasteiger partial charge on any atom is 0.248 e. The second-order valence-corrected chi connectivity index (χ2v) is 6.29. The van der Waals surface area contributed by atoms with E-state index in [4.69, 9.17) is 22.1 Å². The molecule has 1 heterocycles. The number of aromatic nitrogens is 2. The lowest BCUT2D eigenvalue weighted by molar-refractivity contribution is 0.464. The van der Waals surface area contributed by atoms with Crippen LogP contribution in [-0.2, 0) is 0 Å². The molecule has 5 nitrogen and oxygen atoms in total. The minimum Gasteiger partial charge on any atom is -0.437 e. The van der Waals surface area contributed by atoms with Crippen LogP contribution in [0.3, 0.4) is 0 Å². The molecule has 25 heavy (non-hydrogen) atoms. The van der Waals surface area contributed by atoms with Crippen molar-refractivity contribution in [2.24, 2.45) is 0 Å². The van der Waals surface area contributed by atoms with Crippen LogP contribution in [0.25, 0.3) is 0 Å². The van der Waals surface area contributed by atoms with E-state index >= 15 is 0 Å². The molecule has 0 radical (unpaired) electrons. The van der Waals surface area contributed by atoms with E-state index in [-0.39, 0.29) is 0 Å². The first kappa shape index (κ1) is 17.0. The normalized spacial score (nSPS) is 10.6. The topological polar surface area (TPSA) is 73.1 Å². The van der Waals surface area contributed by atoms with Crippen LogP contribution in [0.5, 0.6) is 11.6 Å². The number of nitrogens with one attached hydrogen (secondary N) is 1. The molecule has 0 saturated carbocycles. The number of rotatable bonds is 4. The van der Waals surface area contributed by atoms with E-state index in [2.05, 4.69) is 29.1 Å². The van der Waals surface area contributed by atoms with Crippen molar-refractivity contribution < 1.29 is 4.74 Å². The van der Waals surface area contributed by atoms with E-state index in [1.807, 2.05) is 31.2 Å². The first-order valence-electron chi connectivity index (χ1n) is 7.83. The van der Waals surface area contributed by atoms with Crippen LogP contribution in [-0.4, -0.2) is 9.97 Å². The van der Waals surface area contributed by atoms with Crippen LogP contribution in [0.4, 0.5) is 17.2 Å². The van der Waals surface area contributed by atoms with Gasteiger partial charge in [-0.15, -0.1) is 0 Å². The largest absolute Gasteiger partial charge is 0.437 e. The highest BCUT2D eigenvalue weighted by molar-refractivity contribution is 6.31. The molecule has 0 saturated heterocycles. The van der Waals surface area contributed by atoms with Gasteiger partial charge in [0.15, 0.2) is 5.82 Å². The first-order chi connectivity index (χ1) is 11.9. The smallest absolute Gasteiger partial charge is 0.248 e. The molecule has 1 aromatic heterocycles. The monoisotopic (exact) mass is 354 g/mol. The number of ether oxygens (including phenoxy) is 1. The van der Waals surface area contributed by atoms with Gasteiger partial charge in [-0.2, -0.15) is 4.98 Å². The lowest BCUT2D eigenvalue weighted by Crippen LogP contribution is -2.03. The molecule has 128 valence electrons. The predicted octanol–water partition coefficient (Wildman–Crippen LogP) is 5.17. The van der Waals surface area contributed by atoms with E-state index in [0.29, 0.717) is 28.2 Å². The Labute approximate surface area is 151 Å². The summed E-state index contributed by atoms with van der Waals surface area (Å²) < 4.78 is 5.79. The second-order valence-electron chi connectivity index (χ2n) is 5.88. The van der Waals surface area contributed by atoms with Crippen molar-refractivity contribution in [3.8, 4) is 11.6 Å². The predicted molar refractivity (Wildman–Crippen MR) is 102 cm³/mol. The highest BCUT2D eigenvalue weighted by Crippen LogP contribution is 2.32. The van der Waals surface area contributed by atoms with E-state index in [0.717, 1.165) is 11.3 Å². The van der Waals surface area contributed by atoms with E-state index in [9.17, 15) is 0 Å². The molecule has 0 amide bonds. The summed E-state index contributed by atoms with van der Waals surface area (Å²) in [4.78, 5) is 8.34. The van der Waals surface area contributed by atoms with Gasteiger partial charge in [0.05, 0.1) is 0 Å². The van der Waals surface area contributed by atoms with Gasteiger partial charge in [0.25, 0.3) is 0 Å². The standard InChI is InChI=1S/C19H19ClN4O/c1-11-4-5-14(8-12(11)2)24-18-17(21)19(23-10-22-18)25-15-6-7-16(20)13(3)9-15/h4-10H,21H2,1-3H3,(H,22,23,24). The lowest BCUT2D eigenvalue weighted by Gasteiger charge is -2.13. The van der Waals surface area contributed by atoms with Crippen LogP contribution >= 0.6 is 11.6 Å². The quantitative estimate of drug-likeness (QED) is 0.675. The number of halogens is 1. The number of nitrogen functional groups attached to an aromatic ring is 1. The van der Waals surface area contributed by atoms with Gasteiger partial charge >= 0.3 is 0 Å². The van der Waals surface area contributed by atoms with Crippen molar-refractivity contribution >= 4 is 28.8 Å². The van der Waals surface area contributed by atoms with Crippen LogP contribution in [0.1, 0.15) is 16.7 Å². The number of hydrogen-bond donors (Lipinski definition) is 2. The second kappa shape index (κ2) is 6.99. The molecule has 0 aliphatic heterocycles. The average molecular weight is 355 g/mol. The highest BCUT2D eigenvalue weighted by atomic mass is 35.5. The Hall–Kier alpha value is -2.79. The average Bonchev–Trinajstić information content (AvgIpc) is 2.58. The number of hydrogen-bond acceptors (Lipinski definition) is 5. The summed E-state index contributed by atoms with van der Waals surface area (Å²) in [6.07, 6.45) is 1.41. The zero-order valence-electron chi connectivity index (χ0n) is 14.3. The summed E-state index contributed by atoms with van der Waals surface area (Å²) in [7, 11) is 0. The number of nitrogens with two attached hydrogens (primary N) is 1. The highest BCUT2D eigenvalue weighted by Gasteiger charge is 2.11. The Balaban J connectivity index is 1.86. The maximum atomic E-state index is 6.18. The van der Waals surface area contributed by atoms with Gasteiger partial charge in [-0.3, -0.25) is 0 Å². The molecule has 0 bridgehead atoms. The molecule has 0 atom stereocenters. The Morgan fingerprint density at radius 2 is 1.76 bits per heavy atom. The number of benzene rings is 2. The Morgan fingerprint density at radius 1 is 0.960 bits per heavy atom. The zero-order chi connectivity index (χ0) is 18.0. The molecular weight excluding hydrogens is 336 g/mol. The van der Waals surface area contributed by atoms with Crippen LogP contribution < -0.4 is 15.8 Å². The fourth-order valence-electron chi connectivity index (χ4n) is 2.31. The van der Waals surface area contributed by atoms with Crippen LogP contribution in [0, 0.1) is 20.8 Å². The summed E-state index contributed by atoms with van der Waals surface area (Å²) in [6, 6.07) is 11.4. The van der Waals surface area contributed by atoms with Crippen molar-refractivity contribution in [3.63, 3.8) is 0 Å². The van der Waals surface area contributed by atoms with Gasteiger partial charge in [0, 0.05) is 10.7 Å². The molecule has 0 aliphatic carbocycles. The minimum atomic E-state index is 0.294. The summed E-state index contributed by atoms with van der Waals surface area (Å²) in [5, 5.41) is 3.89. The Bertz CT molecular complexity index is 856. The van der Waals surface area contributed by atoms with Crippen molar-refractivity contribution in [3.05, 3.63) is 64.4 Å². The maximum absolute atomic E-state index is 6.18. The third kappa shape index (κ3) is 3.83. The molecule has 0 unspecified atom stereocenters. The fraction of sp³-hybridized carbons (Fsp3) is 0.158. The van der Waals surface area contributed by atoms with Gasteiger partial charge in [0.1, 0.15) is 17.8 Å². The third-order valence-corrected chi connectivity index (χ3v) is 4.39. The minimum absolute atomic E-state index is 0.294. The fourth-order valence-corrected chi connectivity index (χ4v) is 2.43. The molecule has 6 heteroatoms. The van der Waals surface area contributed by atoms with Crippen molar-refractivity contribution in [2.45, 2.75) is 20.8 Å². The SMILES string of the molecule is Cc1ccc(Nc2ncnc(Oc3ccc(Cl)c(C)c3)c2N)cc1C. The third-order valence-electron chi connectivity index (χ3n) is 3.96. The Morgan fingerprint density at radius 3 is 2.48 bits per heavy atom. The Kier molecular flexibility index (Phi) is 4.76. The van der Waals surface area contributed by atoms with Gasteiger partial charge in [-0.05, 0) is 67.8 Å². The van der Waals surface area contributed by atoms with Crippen LogP contribution in [0.2, 0.25) is 5.02 Å². The van der Waals surface area contributed by atoms with Gasteiger partial charge in [-0.1, -0.05) is 17.7 Å². The van der Waals surface area contributed by atoms with Crippen molar-refractivity contribution in [1.29, 1.82) is 0 Å². The van der Waals surface area contributed by atoms with Gasteiger partial charge in [0.2, 0.25) is 5.88 Å². The molecule has 0 spiro atoms. The number of nitrogens with zero attached hydrogens (tertiary/aromatic N) is 2. The van der Waals surface area contributed by atoms with E-state index < -0.39 is 0 Å². The number of anilines is 3. The molecule has 3 N–H and O–H groups in total. The van der Waals surface area contributed by atoms with E-state index in [1.165, 1.54) is 17.5 Å². The molecule has 3 rings (SSSR count). The van der Waals surface area contributed by atoms with Crippen molar-refractivity contribution in [1.82, 2.24) is 9.97 Å².